The first-order chi connectivity index (χ1) is 12.4. The van der Waals surface area contributed by atoms with Crippen molar-refractivity contribution in [3.05, 3.63) is 82.7 Å². The molecule has 0 aliphatic carbocycles. The maximum Gasteiger partial charge on any atom is 0.416 e. The third kappa shape index (κ3) is 3.67. The summed E-state index contributed by atoms with van der Waals surface area (Å²) in [5, 5.41) is 0.833. The van der Waals surface area contributed by atoms with Crippen molar-refractivity contribution in [2.45, 2.75) is 23.6 Å². The van der Waals surface area contributed by atoms with E-state index in [1.165, 1.54) is 16.7 Å². The van der Waals surface area contributed by atoms with Crippen molar-refractivity contribution >= 4 is 22.7 Å². The average Bonchev–Trinajstić information content (AvgIpc) is 2.62. The maximum absolute atomic E-state index is 13.2. The average molecular weight is 376 g/mol. The number of alkyl halides is 3. The van der Waals surface area contributed by atoms with E-state index in [1.54, 1.807) is 36.4 Å². The van der Waals surface area contributed by atoms with Gasteiger partial charge in [0.1, 0.15) is 0 Å². The van der Waals surface area contributed by atoms with Gasteiger partial charge in [0.15, 0.2) is 5.16 Å². The van der Waals surface area contributed by atoms with Gasteiger partial charge in [0.2, 0.25) is 0 Å². The van der Waals surface area contributed by atoms with Crippen molar-refractivity contribution < 1.29 is 13.2 Å². The van der Waals surface area contributed by atoms with E-state index in [0.717, 1.165) is 17.8 Å². The van der Waals surface area contributed by atoms with Gasteiger partial charge in [0.05, 0.1) is 16.5 Å². The van der Waals surface area contributed by atoms with Crippen molar-refractivity contribution in [2.24, 2.45) is 0 Å². The number of thioether (sulfide) groups is 1. The summed E-state index contributed by atoms with van der Waals surface area (Å²) in [6.07, 6.45) is -2.86. The predicted molar refractivity (Wildman–Crippen MR) is 97.2 cm³/mol. The van der Waals surface area contributed by atoms with Gasteiger partial charge in [-0.05, 0) is 23.8 Å². The lowest BCUT2D eigenvalue weighted by Crippen LogP contribution is -2.22. The van der Waals surface area contributed by atoms with Crippen LogP contribution in [0.5, 0.6) is 0 Å². The number of para-hydroxylation sites is 1. The molecule has 0 aliphatic heterocycles. The minimum Gasteiger partial charge on any atom is -0.283 e. The maximum atomic E-state index is 13.2. The van der Waals surface area contributed by atoms with Crippen LogP contribution >= 0.6 is 11.8 Å². The first-order valence-electron chi connectivity index (χ1n) is 7.80. The zero-order chi connectivity index (χ0) is 18.7. The van der Waals surface area contributed by atoms with Crippen LogP contribution in [0.15, 0.2) is 71.1 Å². The second-order valence-corrected chi connectivity index (χ2v) is 6.50. The van der Waals surface area contributed by atoms with Gasteiger partial charge in [-0.15, -0.1) is 6.58 Å². The minimum absolute atomic E-state index is 0.0532. The Morgan fingerprint density at radius 1 is 1.12 bits per heavy atom. The first kappa shape index (κ1) is 18.3. The number of nitrogens with zero attached hydrogens (tertiary/aromatic N) is 2. The van der Waals surface area contributed by atoms with Crippen LogP contribution in [0.1, 0.15) is 11.1 Å². The standard InChI is InChI=1S/C19H15F3N2OS/c1-2-11-24-17(25)14-8-4-6-10-16(14)23-18(24)26-12-13-7-3-5-9-15(13)19(20,21)22/h2-10H,1,11-12H2. The Labute approximate surface area is 152 Å². The largest absolute Gasteiger partial charge is 0.416 e. The van der Waals surface area contributed by atoms with Gasteiger partial charge in [-0.1, -0.05) is 48.2 Å². The molecule has 0 saturated carbocycles. The second-order valence-electron chi connectivity index (χ2n) is 5.56. The molecule has 0 fully saturated rings. The number of hydrogen-bond donors (Lipinski definition) is 0. The number of benzene rings is 2. The van der Waals surface area contributed by atoms with E-state index in [-0.39, 0.29) is 23.4 Å². The monoisotopic (exact) mass is 376 g/mol. The highest BCUT2D eigenvalue weighted by atomic mass is 32.2. The number of rotatable bonds is 5. The Hall–Kier alpha value is -2.54. The molecule has 0 aliphatic rings. The summed E-state index contributed by atoms with van der Waals surface area (Å²) < 4.78 is 40.9. The fourth-order valence-corrected chi connectivity index (χ4v) is 3.63. The van der Waals surface area contributed by atoms with Crippen LogP contribution in [0.2, 0.25) is 0 Å². The normalized spacial score (nSPS) is 11.7. The molecule has 3 rings (SSSR count). The zero-order valence-electron chi connectivity index (χ0n) is 13.7. The molecular weight excluding hydrogens is 361 g/mol. The van der Waals surface area contributed by atoms with Gasteiger partial charge >= 0.3 is 6.18 Å². The van der Waals surface area contributed by atoms with Crippen LogP contribution in [0.25, 0.3) is 10.9 Å². The summed E-state index contributed by atoms with van der Waals surface area (Å²) in [6, 6.07) is 12.3. The van der Waals surface area contributed by atoms with Crippen LogP contribution < -0.4 is 5.56 Å². The lowest BCUT2D eigenvalue weighted by atomic mass is 10.1. The number of allylic oxidation sites excluding steroid dienone is 1. The van der Waals surface area contributed by atoms with E-state index < -0.39 is 11.7 Å². The van der Waals surface area contributed by atoms with E-state index in [1.807, 2.05) is 0 Å². The first-order valence-corrected chi connectivity index (χ1v) is 8.78. The molecule has 7 heteroatoms. The summed E-state index contributed by atoms with van der Waals surface area (Å²) in [7, 11) is 0. The molecule has 3 aromatic rings. The Bertz CT molecular complexity index is 1010. The molecule has 0 bridgehead atoms. The van der Waals surface area contributed by atoms with Crippen molar-refractivity contribution in [3.8, 4) is 0 Å². The van der Waals surface area contributed by atoms with Crippen molar-refractivity contribution in [3.63, 3.8) is 0 Å². The molecule has 0 amide bonds. The summed E-state index contributed by atoms with van der Waals surface area (Å²) in [5.41, 5.74) is -0.241. The minimum atomic E-state index is -4.42. The molecule has 0 saturated heterocycles. The predicted octanol–water partition coefficient (Wildman–Crippen LogP) is 4.89. The molecule has 0 spiro atoms. The van der Waals surface area contributed by atoms with Crippen molar-refractivity contribution in [1.29, 1.82) is 0 Å². The van der Waals surface area contributed by atoms with E-state index >= 15 is 0 Å². The molecule has 0 unspecified atom stereocenters. The van der Waals surface area contributed by atoms with Gasteiger partial charge in [-0.3, -0.25) is 9.36 Å². The number of fused-ring (bicyclic) bond motifs is 1. The number of hydrogen-bond acceptors (Lipinski definition) is 3. The SMILES string of the molecule is C=CCn1c(SCc2ccccc2C(F)(F)F)nc2ccccc2c1=O. The van der Waals surface area contributed by atoms with Crippen LogP contribution in [0, 0.1) is 0 Å². The third-order valence-corrected chi connectivity index (χ3v) is 4.84. The number of aromatic nitrogens is 2. The molecule has 0 radical (unpaired) electrons. The molecule has 2 aromatic carbocycles. The van der Waals surface area contributed by atoms with Gasteiger partial charge < -0.3 is 0 Å². The highest BCUT2D eigenvalue weighted by molar-refractivity contribution is 7.98. The van der Waals surface area contributed by atoms with E-state index in [4.69, 9.17) is 0 Å². The third-order valence-electron chi connectivity index (χ3n) is 3.82. The Balaban J connectivity index is 2.01. The van der Waals surface area contributed by atoms with Gasteiger partial charge in [0.25, 0.3) is 5.56 Å². The molecule has 1 heterocycles. The lowest BCUT2D eigenvalue weighted by Gasteiger charge is -2.14. The fraction of sp³-hybridized carbons (Fsp3) is 0.158. The van der Waals surface area contributed by atoms with Crippen LogP contribution in [-0.2, 0) is 18.5 Å². The smallest absolute Gasteiger partial charge is 0.283 e. The molecule has 0 atom stereocenters. The van der Waals surface area contributed by atoms with E-state index in [0.29, 0.717) is 16.1 Å². The van der Waals surface area contributed by atoms with Gasteiger partial charge in [0, 0.05) is 12.3 Å². The molecular formula is C19H15F3N2OS. The lowest BCUT2D eigenvalue weighted by molar-refractivity contribution is -0.138. The summed E-state index contributed by atoms with van der Waals surface area (Å²) in [5.74, 6) is 0.0532. The van der Waals surface area contributed by atoms with Crippen molar-refractivity contribution in [1.82, 2.24) is 9.55 Å². The number of halogens is 3. The quantitative estimate of drug-likeness (QED) is 0.361. The van der Waals surface area contributed by atoms with Crippen LogP contribution in [-0.4, -0.2) is 9.55 Å². The summed E-state index contributed by atoms with van der Waals surface area (Å²) >= 11 is 1.10. The summed E-state index contributed by atoms with van der Waals surface area (Å²) in [6.45, 7) is 3.87. The highest BCUT2D eigenvalue weighted by Gasteiger charge is 2.32. The van der Waals surface area contributed by atoms with Crippen LogP contribution in [0.4, 0.5) is 13.2 Å². The molecule has 134 valence electrons. The van der Waals surface area contributed by atoms with Gasteiger partial charge in [-0.2, -0.15) is 13.2 Å². The molecule has 3 nitrogen and oxygen atoms in total. The second kappa shape index (κ2) is 7.37. The Morgan fingerprint density at radius 2 is 1.81 bits per heavy atom. The van der Waals surface area contributed by atoms with Crippen molar-refractivity contribution in [2.75, 3.05) is 0 Å². The summed E-state index contributed by atoms with van der Waals surface area (Å²) in [4.78, 5) is 17.1. The highest BCUT2D eigenvalue weighted by Crippen LogP contribution is 2.34. The topological polar surface area (TPSA) is 34.9 Å². The van der Waals surface area contributed by atoms with E-state index in [9.17, 15) is 18.0 Å². The van der Waals surface area contributed by atoms with Crippen LogP contribution in [0.3, 0.4) is 0 Å². The fourth-order valence-electron chi connectivity index (χ4n) is 2.61. The molecule has 26 heavy (non-hydrogen) atoms. The Morgan fingerprint density at radius 3 is 2.54 bits per heavy atom. The molecule has 0 N–H and O–H groups in total. The zero-order valence-corrected chi connectivity index (χ0v) is 14.5. The van der Waals surface area contributed by atoms with E-state index in [2.05, 4.69) is 11.6 Å². The Kier molecular flexibility index (Phi) is 5.18. The van der Waals surface area contributed by atoms with Gasteiger partial charge in [-0.25, -0.2) is 4.98 Å². The molecule has 1 aromatic heterocycles.